The highest BCUT2D eigenvalue weighted by Gasteiger charge is 2.26. The predicted molar refractivity (Wildman–Crippen MR) is 70.1 cm³/mol. The summed E-state index contributed by atoms with van der Waals surface area (Å²) in [5.41, 5.74) is 3.10. The van der Waals surface area contributed by atoms with Crippen LogP contribution in [0.2, 0.25) is 0 Å². The molecule has 16 heavy (non-hydrogen) atoms. The van der Waals surface area contributed by atoms with Crippen molar-refractivity contribution in [2.75, 3.05) is 24.5 Å². The lowest BCUT2D eigenvalue weighted by molar-refractivity contribution is 0.353. The number of para-hydroxylation sites is 1. The van der Waals surface area contributed by atoms with Gasteiger partial charge in [-0.2, -0.15) is 0 Å². The first kappa shape index (κ1) is 11.5. The Morgan fingerprint density at radius 2 is 2.06 bits per heavy atom. The molecule has 0 radical (unpaired) electrons. The third-order valence-corrected chi connectivity index (χ3v) is 3.28. The number of aryl methyl sites for hydroxylation is 1. The fourth-order valence-electron chi connectivity index (χ4n) is 2.47. The Labute approximate surface area is 98.7 Å². The van der Waals surface area contributed by atoms with Crippen LogP contribution in [0.25, 0.3) is 0 Å². The Hall–Kier alpha value is -1.02. The second-order valence-electron chi connectivity index (χ2n) is 5.21. The first-order valence-corrected chi connectivity index (χ1v) is 6.20. The summed E-state index contributed by atoms with van der Waals surface area (Å²) in [6.45, 7) is 10.0. The third-order valence-electron chi connectivity index (χ3n) is 3.28. The minimum atomic E-state index is 0.221. The average Bonchev–Trinajstić information content (AvgIpc) is 2.27. The van der Waals surface area contributed by atoms with Gasteiger partial charge in [0.1, 0.15) is 0 Å². The van der Waals surface area contributed by atoms with Gasteiger partial charge in [0.15, 0.2) is 0 Å². The monoisotopic (exact) mass is 218 g/mol. The van der Waals surface area contributed by atoms with Gasteiger partial charge in [-0.15, -0.1) is 0 Å². The molecule has 2 nitrogen and oxygen atoms in total. The van der Waals surface area contributed by atoms with E-state index in [0.717, 1.165) is 26.1 Å². The molecule has 0 spiro atoms. The lowest BCUT2D eigenvalue weighted by Crippen LogP contribution is -2.57. The van der Waals surface area contributed by atoms with Gasteiger partial charge >= 0.3 is 0 Å². The van der Waals surface area contributed by atoms with Gasteiger partial charge in [-0.3, -0.25) is 0 Å². The summed E-state index contributed by atoms with van der Waals surface area (Å²) in [7, 11) is 0. The fourth-order valence-corrected chi connectivity index (χ4v) is 2.47. The number of hydrogen-bond acceptors (Lipinski definition) is 2. The molecular formula is C14H22N2. The lowest BCUT2D eigenvalue weighted by Gasteiger charge is -2.41. The van der Waals surface area contributed by atoms with Crippen molar-refractivity contribution in [2.24, 2.45) is 0 Å². The second kappa shape index (κ2) is 4.46. The molecule has 0 unspecified atom stereocenters. The molecule has 1 N–H and O–H groups in total. The average molecular weight is 218 g/mol. The van der Waals surface area contributed by atoms with E-state index in [1.807, 2.05) is 0 Å². The molecule has 0 bridgehead atoms. The van der Waals surface area contributed by atoms with Crippen LogP contribution < -0.4 is 10.2 Å². The molecule has 0 atom stereocenters. The standard InChI is InChI=1S/C14H22N2/c1-4-12-7-5-6-8-13(12)16-10-9-15-14(2,3)11-16/h5-8,15H,4,9-11H2,1-3H3. The highest BCUT2D eigenvalue weighted by atomic mass is 15.2. The van der Waals surface area contributed by atoms with Crippen molar-refractivity contribution < 1.29 is 0 Å². The molecule has 1 aliphatic heterocycles. The second-order valence-corrected chi connectivity index (χ2v) is 5.21. The number of nitrogens with zero attached hydrogens (tertiary/aromatic N) is 1. The van der Waals surface area contributed by atoms with E-state index in [0.29, 0.717) is 0 Å². The van der Waals surface area contributed by atoms with E-state index in [2.05, 4.69) is 55.3 Å². The van der Waals surface area contributed by atoms with E-state index in [1.54, 1.807) is 0 Å². The zero-order valence-electron chi connectivity index (χ0n) is 10.6. The first-order chi connectivity index (χ1) is 7.62. The summed E-state index contributed by atoms with van der Waals surface area (Å²) in [5, 5.41) is 3.55. The van der Waals surface area contributed by atoms with Crippen molar-refractivity contribution in [3.8, 4) is 0 Å². The maximum Gasteiger partial charge on any atom is 0.0399 e. The number of hydrogen-bond donors (Lipinski definition) is 1. The molecule has 1 aromatic rings. The van der Waals surface area contributed by atoms with Gasteiger partial charge in [-0.1, -0.05) is 25.1 Å². The van der Waals surface area contributed by atoms with E-state index in [-0.39, 0.29) is 5.54 Å². The van der Waals surface area contributed by atoms with Crippen LogP contribution in [0.15, 0.2) is 24.3 Å². The van der Waals surface area contributed by atoms with Gasteiger partial charge in [0, 0.05) is 30.9 Å². The zero-order chi connectivity index (χ0) is 11.6. The molecule has 1 saturated heterocycles. The summed E-state index contributed by atoms with van der Waals surface area (Å²) in [6, 6.07) is 8.77. The quantitative estimate of drug-likeness (QED) is 0.820. The third kappa shape index (κ3) is 2.38. The Morgan fingerprint density at radius 3 is 2.75 bits per heavy atom. The van der Waals surface area contributed by atoms with Crippen molar-refractivity contribution in [3.63, 3.8) is 0 Å². The summed E-state index contributed by atoms with van der Waals surface area (Å²) in [4.78, 5) is 2.51. The van der Waals surface area contributed by atoms with E-state index in [4.69, 9.17) is 0 Å². The van der Waals surface area contributed by atoms with Gasteiger partial charge in [0.25, 0.3) is 0 Å². The number of nitrogens with one attached hydrogen (secondary N) is 1. The highest BCUT2D eigenvalue weighted by Crippen LogP contribution is 2.24. The van der Waals surface area contributed by atoms with E-state index < -0.39 is 0 Å². The van der Waals surface area contributed by atoms with Crippen LogP contribution in [0.3, 0.4) is 0 Å². The van der Waals surface area contributed by atoms with Crippen LogP contribution in [0.1, 0.15) is 26.3 Å². The molecule has 2 rings (SSSR count). The molecule has 1 aromatic carbocycles. The van der Waals surface area contributed by atoms with Crippen molar-refractivity contribution in [1.82, 2.24) is 5.32 Å². The van der Waals surface area contributed by atoms with E-state index in [1.165, 1.54) is 11.3 Å². The maximum absolute atomic E-state index is 3.55. The van der Waals surface area contributed by atoms with Crippen LogP contribution in [-0.2, 0) is 6.42 Å². The predicted octanol–water partition coefficient (Wildman–Crippen LogP) is 2.44. The Balaban J connectivity index is 2.23. The first-order valence-electron chi connectivity index (χ1n) is 6.20. The van der Waals surface area contributed by atoms with E-state index >= 15 is 0 Å². The minimum Gasteiger partial charge on any atom is -0.368 e. The van der Waals surface area contributed by atoms with Crippen molar-refractivity contribution >= 4 is 5.69 Å². The summed E-state index contributed by atoms with van der Waals surface area (Å²) >= 11 is 0. The maximum atomic E-state index is 3.55. The van der Waals surface area contributed by atoms with Gasteiger partial charge in [-0.05, 0) is 31.9 Å². The van der Waals surface area contributed by atoms with Crippen LogP contribution in [0.4, 0.5) is 5.69 Å². The molecule has 0 amide bonds. The number of piperazine rings is 1. The van der Waals surface area contributed by atoms with Crippen LogP contribution in [-0.4, -0.2) is 25.2 Å². The van der Waals surface area contributed by atoms with Crippen molar-refractivity contribution in [1.29, 1.82) is 0 Å². The van der Waals surface area contributed by atoms with Gasteiger partial charge in [0.2, 0.25) is 0 Å². The number of benzene rings is 1. The van der Waals surface area contributed by atoms with Gasteiger partial charge in [-0.25, -0.2) is 0 Å². The van der Waals surface area contributed by atoms with Gasteiger partial charge in [0.05, 0.1) is 0 Å². The Kier molecular flexibility index (Phi) is 3.20. The smallest absolute Gasteiger partial charge is 0.0399 e. The lowest BCUT2D eigenvalue weighted by atomic mass is 10.00. The largest absolute Gasteiger partial charge is 0.368 e. The summed E-state index contributed by atoms with van der Waals surface area (Å²) < 4.78 is 0. The normalized spacial score (nSPS) is 19.8. The summed E-state index contributed by atoms with van der Waals surface area (Å²) in [5.74, 6) is 0. The molecule has 88 valence electrons. The van der Waals surface area contributed by atoms with Crippen LogP contribution in [0, 0.1) is 0 Å². The SMILES string of the molecule is CCc1ccccc1N1CCNC(C)(C)C1. The minimum absolute atomic E-state index is 0.221. The summed E-state index contributed by atoms with van der Waals surface area (Å²) in [6.07, 6.45) is 1.11. The Morgan fingerprint density at radius 1 is 1.31 bits per heavy atom. The molecule has 1 fully saturated rings. The topological polar surface area (TPSA) is 15.3 Å². The van der Waals surface area contributed by atoms with Crippen LogP contribution >= 0.6 is 0 Å². The molecule has 0 saturated carbocycles. The fraction of sp³-hybridized carbons (Fsp3) is 0.571. The Bertz CT molecular complexity index is 358. The highest BCUT2D eigenvalue weighted by molar-refractivity contribution is 5.54. The van der Waals surface area contributed by atoms with E-state index in [9.17, 15) is 0 Å². The molecule has 2 heteroatoms. The molecular weight excluding hydrogens is 196 g/mol. The molecule has 0 aliphatic carbocycles. The molecule has 1 aliphatic rings. The van der Waals surface area contributed by atoms with Crippen molar-refractivity contribution in [3.05, 3.63) is 29.8 Å². The number of rotatable bonds is 2. The molecule has 1 heterocycles. The van der Waals surface area contributed by atoms with Crippen molar-refractivity contribution in [2.45, 2.75) is 32.7 Å². The van der Waals surface area contributed by atoms with Gasteiger partial charge < -0.3 is 10.2 Å². The molecule has 0 aromatic heterocycles. The van der Waals surface area contributed by atoms with Crippen LogP contribution in [0.5, 0.6) is 0 Å². The zero-order valence-corrected chi connectivity index (χ0v) is 10.6. The number of anilines is 1.